The van der Waals surface area contributed by atoms with Crippen LogP contribution in [-0.4, -0.2) is 94.4 Å². The molecule has 0 radical (unpaired) electrons. The molecule has 5 N–H and O–H groups in total. The van der Waals surface area contributed by atoms with E-state index in [1.807, 2.05) is 26.0 Å². The summed E-state index contributed by atoms with van der Waals surface area (Å²) in [5, 5.41) is 45.8. The van der Waals surface area contributed by atoms with Crippen LogP contribution < -0.4 is 0 Å². The Bertz CT molecular complexity index is 2460. The van der Waals surface area contributed by atoms with Crippen LogP contribution in [0.15, 0.2) is 58.5 Å². The number of aliphatic hydroxyl groups excluding tert-OH is 3. The summed E-state index contributed by atoms with van der Waals surface area (Å²) in [6.45, 7) is 12.2. The molecule has 8 aliphatic carbocycles. The van der Waals surface area contributed by atoms with Gasteiger partial charge in [-0.1, -0.05) is 83.0 Å². The number of allylic oxidation sites excluding steroid dienone is 2. The van der Waals surface area contributed by atoms with E-state index < -0.39 is 87.4 Å². The van der Waals surface area contributed by atoms with Gasteiger partial charge in [0.25, 0.3) is 0 Å². The van der Waals surface area contributed by atoms with Gasteiger partial charge in [-0.25, -0.2) is 8.42 Å². The van der Waals surface area contributed by atoms with Crippen molar-refractivity contribution in [1.82, 2.24) is 0 Å². The third-order valence-corrected chi connectivity index (χ3v) is 25.4. The van der Waals surface area contributed by atoms with Crippen LogP contribution in [0.4, 0.5) is 52.7 Å². The Kier molecular flexibility index (Phi) is 18.1. The Morgan fingerprint density at radius 2 is 0.975 bits per heavy atom. The zero-order valence-corrected chi connectivity index (χ0v) is 47.3. The second-order valence-electron chi connectivity index (χ2n) is 26.5. The minimum absolute atomic E-state index is 0.00679. The van der Waals surface area contributed by atoms with Gasteiger partial charge in [-0.15, -0.1) is 0 Å². The molecular weight excluding hydrogens is 1080 g/mol. The Morgan fingerprint density at radius 1 is 0.557 bits per heavy atom. The topological polar surface area (TPSA) is 135 Å². The smallest absolute Gasteiger partial charge is 0.400 e. The third kappa shape index (κ3) is 11.5. The van der Waals surface area contributed by atoms with Crippen LogP contribution in [0.25, 0.3) is 0 Å². The molecule has 0 saturated heterocycles. The molecule has 0 aromatic heterocycles. The predicted octanol–water partition coefficient (Wildman–Crippen LogP) is 14.5. The zero-order chi connectivity index (χ0) is 59.1. The monoisotopic (exact) mass is 1160 g/mol. The van der Waals surface area contributed by atoms with Crippen molar-refractivity contribution in [3.05, 3.63) is 53.6 Å². The molecule has 0 amide bonds. The van der Waals surface area contributed by atoms with Crippen molar-refractivity contribution in [2.75, 3.05) is 7.11 Å². The maximum atomic E-state index is 13.8. The van der Waals surface area contributed by atoms with Gasteiger partial charge in [0.15, 0.2) is 27.1 Å². The number of sulfone groups is 1. The Labute approximate surface area is 458 Å². The predicted molar refractivity (Wildman–Crippen MR) is 274 cm³/mol. The molecule has 79 heavy (non-hydrogen) atoms. The van der Waals surface area contributed by atoms with E-state index in [2.05, 4.69) is 20.8 Å². The van der Waals surface area contributed by atoms with Crippen LogP contribution >= 0.6 is 0 Å². The molecule has 8 aliphatic rings. The summed E-state index contributed by atoms with van der Waals surface area (Å²) in [5.74, 6) is 0.961. The van der Waals surface area contributed by atoms with E-state index in [1.165, 1.54) is 24.3 Å². The summed E-state index contributed by atoms with van der Waals surface area (Å²) in [6.07, 6.45) is -13.9. The van der Waals surface area contributed by atoms with Gasteiger partial charge in [-0.2, -0.15) is 52.7 Å². The van der Waals surface area contributed by atoms with Gasteiger partial charge < -0.3 is 25.5 Å². The first-order valence-corrected chi connectivity index (χ1v) is 30.0. The van der Waals surface area contributed by atoms with Gasteiger partial charge in [0.1, 0.15) is 6.10 Å². The highest BCUT2D eigenvalue weighted by atomic mass is 32.2. The highest BCUT2D eigenvalue weighted by Crippen LogP contribution is 2.71. The van der Waals surface area contributed by atoms with E-state index in [4.69, 9.17) is 5.11 Å². The second-order valence-corrected chi connectivity index (χ2v) is 28.7. The molecule has 1 unspecified atom stereocenters. The second kappa shape index (κ2) is 22.2. The number of fused-ring (bicyclic) bond motifs is 10. The van der Waals surface area contributed by atoms with Crippen LogP contribution in [0.2, 0.25) is 0 Å². The van der Waals surface area contributed by atoms with Crippen LogP contribution in [-0.2, 0) is 9.84 Å². The lowest BCUT2D eigenvalue weighted by Gasteiger charge is -2.59. The van der Waals surface area contributed by atoms with Gasteiger partial charge in [-0.05, 0) is 202 Å². The fourth-order valence-corrected chi connectivity index (χ4v) is 20.5. The molecule has 452 valence electrons. The molecule has 6 saturated carbocycles. The minimum atomic E-state index is -4.95. The molecule has 0 bridgehead atoms. The largest absolute Gasteiger partial charge is 0.417 e. The minimum Gasteiger partial charge on any atom is -0.400 e. The summed E-state index contributed by atoms with van der Waals surface area (Å²) in [4.78, 5) is -0.0707. The van der Waals surface area contributed by atoms with E-state index >= 15 is 0 Å². The van der Waals surface area contributed by atoms with Crippen molar-refractivity contribution in [1.29, 1.82) is 0 Å². The van der Waals surface area contributed by atoms with Crippen molar-refractivity contribution in [2.24, 2.45) is 80.8 Å². The molecule has 0 spiro atoms. The van der Waals surface area contributed by atoms with Crippen LogP contribution in [0.1, 0.15) is 164 Å². The summed E-state index contributed by atoms with van der Waals surface area (Å²) in [7, 11) is -3.21. The van der Waals surface area contributed by atoms with E-state index in [9.17, 15) is 81.5 Å². The zero-order valence-electron chi connectivity index (χ0n) is 46.5. The fourth-order valence-electron chi connectivity index (χ4n) is 18.5. The highest BCUT2D eigenvalue weighted by Gasteiger charge is 2.66. The summed E-state index contributed by atoms with van der Waals surface area (Å²) in [5.41, 5.74) is -5.09. The van der Waals surface area contributed by atoms with Crippen LogP contribution in [0.5, 0.6) is 0 Å². The molecule has 6 fully saturated rings. The first kappa shape index (κ1) is 64.2. The lowest BCUT2D eigenvalue weighted by atomic mass is 9.46. The SMILES string of the molecule is CO.C[C@H](C(C[C@@H](O)C(F)(F)F)S(=O)(=O)c1ccccc1)[C@H]1CC[C@H]2[C@@H]3CC=C4C[C@](O)(C(F)(F)F)CC[C@]4(C)[C@H]3CC[C@]12C.C[C@H](CC[C@@H](O)C(F)(F)F)[C@H]1CC[C@H]2[C@@H]3CC=C4C[C@](O)(C(F)(F)F)CC[C@]4(C)[C@H]3CC[C@]12C. The van der Waals surface area contributed by atoms with Crippen molar-refractivity contribution in [2.45, 2.75) is 222 Å². The first-order chi connectivity index (χ1) is 36.3. The average molecular weight is 1170 g/mol. The molecule has 0 aliphatic heterocycles. The fraction of sp³-hybridized carbons (Fsp3) is 0.831. The molecule has 20 heteroatoms. The van der Waals surface area contributed by atoms with Crippen molar-refractivity contribution >= 4 is 9.84 Å². The molecule has 1 aromatic rings. The van der Waals surface area contributed by atoms with Crippen molar-refractivity contribution < 1.29 is 86.6 Å². The number of hydrogen-bond acceptors (Lipinski definition) is 7. The van der Waals surface area contributed by atoms with Crippen LogP contribution in [0.3, 0.4) is 0 Å². The summed E-state index contributed by atoms with van der Waals surface area (Å²) in [6, 6.07) is 7.42. The maximum Gasteiger partial charge on any atom is 0.417 e. The van der Waals surface area contributed by atoms with E-state index in [-0.39, 0.29) is 88.8 Å². The van der Waals surface area contributed by atoms with E-state index in [0.717, 1.165) is 57.6 Å². The first-order valence-electron chi connectivity index (χ1n) is 28.5. The molecule has 7 nitrogen and oxygen atoms in total. The molecule has 1 aromatic carbocycles. The van der Waals surface area contributed by atoms with Crippen molar-refractivity contribution in [3.63, 3.8) is 0 Å². The molecular formula is C59H84F12O7S. The molecule has 19 atom stereocenters. The Hall–Kier alpha value is -2.39. The number of rotatable bonds is 10. The van der Waals surface area contributed by atoms with Crippen LogP contribution in [0, 0.1) is 80.8 Å². The third-order valence-electron chi connectivity index (χ3n) is 23.0. The maximum absolute atomic E-state index is 13.8. The number of hydrogen-bond donors (Lipinski definition) is 5. The molecule has 0 heterocycles. The van der Waals surface area contributed by atoms with Crippen molar-refractivity contribution in [3.8, 4) is 0 Å². The normalized spacial score (nSPS) is 40.3. The van der Waals surface area contributed by atoms with Gasteiger partial charge in [-0.3, -0.25) is 0 Å². The molecule has 9 rings (SSSR count). The standard InChI is InChI=1S/C32H42F6O4S.C26H38F6O2.CH4O/c1-19(26(17-27(39)31(33,34)35)43(41,42)21-7-5-4-6-8-21)23-11-12-24-22-10-9-20-18-30(40,32(36,37)38)16-15-28(20,2)25(22)13-14-29(23,24)3;1-15(4-9-21(33)25(27,28)29)18-7-8-19-17-6-5-16-14-24(34,26(30,31)32)13-12-22(16,2)20(17)10-11-23(18,19)3;1-2/h4-9,19,22-27,39-40H,10-18H2,1-3H3;5,15,17-21,33-34H,4,6-14H2,1-3H3;2H,1H3/t19-,22-,23+,24-,25-,26?,27+,28-,29+,30-;15-,17+,18-,19+,20+,21-,22+,23-,24+;/m01./s1. The number of halogens is 12. The van der Waals surface area contributed by atoms with Gasteiger partial charge in [0, 0.05) is 20.0 Å². The number of benzene rings is 1. The summed E-state index contributed by atoms with van der Waals surface area (Å²) < 4.78 is 188. The number of aliphatic hydroxyl groups is 5. The average Bonchev–Trinajstić information content (AvgIpc) is 4.11. The lowest BCUT2D eigenvalue weighted by Crippen LogP contribution is -2.56. The number of alkyl halides is 12. The Balaban J connectivity index is 0.000000227. The van der Waals surface area contributed by atoms with Gasteiger partial charge in [0.05, 0.1) is 10.1 Å². The van der Waals surface area contributed by atoms with Gasteiger partial charge in [0.2, 0.25) is 0 Å². The summed E-state index contributed by atoms with van der Waals surface area (Å²) >= 11 is 0. The van der Waals surface area contributed by atoms with E-state index in [1.54, 1.807) is 13.0 Å². The van der Waals surface area contributed by atoms with E-state index in [0.29, 0.717) is 55.4 Å². The quantitative estimate of drug-likeness (QED) is 0.116. The highest BCUT2D eigenvalue weighted by molar-refractivity contribution is 7.92. The van der Waals surface area contributed by atoms with Gasteiger partial charge >= 0.3 is 24.7 Å². The lowest BCUT2D eigenvalue weighted by molar-refractivity contribution is -0.271. The Morgan fingerprint density at radius 3 is 1.39 bits per heavy atom.